The molecule has 172 valence electrons. The number of ether oxygens (including phenoxy) is 3. The lowest BCUT2D eigenvalue weighted by atomic mass is 10.1. The SMILES string of the molecule is C=CCc1cc(CN=C(NCC)NCCCOCc2ccco2)cc(OC)c1OC.I. The Morgan fingerprint density at radius 3 is 2.71 bits per heavy atom. The first-order valence-electron chi connectivity index (χ1n) is 10.2. The van der Waals surface area contributed by atoms with Crippen LogP contribution in [0.1, 0.15) is 30.2 Å². The van der Waals surface area contributed by atoms with Crippen LogP contribution in [0, 0.1) is 0 Å². The lowest BCUT2D eigenvalue weighted by molar-refractivity contribution is 0.105. The summed E-state index contributed by atoms with van der Waals surface area (Å²) in [6, 6.07) is 7.81. The predicted molar refractivity (Wildman–Crippen MR) is 135 cm³/mol. The van der Waals surface area contributed by atoms with Gasteiger partial charge in [0.1, 0.15) is 12.4 Å². The third kappa shape index (κ3) is 9.22. The van der Waals surface area contributed by atoms with Gasteiger partial charge in [0.2, 0.25) is 0 Å². The minimum Gasteiger partial charge on any atom is -0.493 e. The zero-order valence-electron chi connectivity index (χ0n) is 18.6. The summed E-state index contributed by atoms with van der Waals surface area (Å²) in [5.74, 6) is 3.05. The number of methoxy groups -OCH3 is 2. The van der Waals surface area contributed by atoms with Crippen LogP contribution in [0.4, 0.5) is 0 Å². The van der Waals surface area contributed by atoms with E-state index in [1.807, 2.05) is 31.2 Å². The zero-order chi connectivity index (χ0) is 21.6. The number of hydrogen-bond acceptors (Lipinski definition) is 5. The summed E-state index contributed by atoms with van der Waals surface area (Å²) in [6.07, 6.45) is 5.07. The monoisotopic (exact) mass is 543 g/mol. The number of halogens is 1. The number of rotatable bonds is 13. The molecule has 0 saturated carbocycles. The van der Waals surface area contributed by atoms with Crippen molar-refractivity contribution in [1.82, 2.24) is 10.6 Å². The molecular weight excluding hydrogens is 509 g/mol. The van der Waals surface area contributed by atoms with Gasteiger partial charge in [0, 0.05) is 25.3 Å². The highest BCUT2D eigenvalue weighted by atomic mass is 127. The van der Waals surface area contributed by atoms with Crippen molar-refractivity contribution in [3.63, 3.8) is 0 Å². The second-order valence-electron chi connectivity index (χ2n) is 6.59. The number of benzene rings is 1. The van der Waals surface area contributed by atoms with Crippen molar-refractivity contribution < 1.29 is 18.6 Å². The quantitative estimate of drug-likeness (QED) is 0.129. The summed E-state index contributed by atoms with van der Waals surface area (Å²) in [7, 11) is 3.29. The molecule has 31 heavy (non-hydrogen) atoms. The third-order valence-corrected chi connectivity index (χ3v) is 4.33. The summed E-state index contributed by atoms with van der Waals surface area (Å²) in [6.45, 7) is 9.08. The number of nitrogens with one attached hydrogen (secondary N) is 2. The van der Waals surface area contributed by atoms with Crippen molar-refractivity contribution in [2.75, 3.05) is 33.9 Å². The van der Waals surface area contributed by atoms with Gasteiger partial charge in [-0.05, 0) is 49.6 Å². The maximum atomic E-state index is 5.60. The zero-order valence-corrected chi connectivity index (χ0v) is 20.9. The fourth-order valence-corrected chi connectivity index (χ4v) is 2.97. The number of guanidine groups is 1. The number of allylic oxidation sites excluding steroid dienone is 1. The Labute approximate surface area is 202 Å². The lowest BCUT2D eigenvalue weighted by Gasteiger charge is -2.15. The Bertz CT molecular complexity index is 794. The second-order valence-corrected chi connectivity index (χ2v) is 6.59. The Balaban J connectivity index is 0.00000480. The molecule has 2 aromatic rings. The van der Waals surface area contributed by atoms with E-state index in [0.717, 1.165) is 48.1 Å². The average Bonchev–Trinajstić information content (AvgIpc) is 3.27. The van der Waals surface area contributed by atoms with Crippen LogP contribution in [-0.4, -0.2) is 39.9 Å². The van der Waals surface area contributed by atoms with Gasteiger partial charge in [-0.1, -0.05) is 6.08 Å². The summed E-state index contributed by atoms with van der Waals surface area (Å²) < 4.78 is 21.8. The molecule has 0 atom stereocenters. The van der Waals surface area contributed by atoms with E-state index in [9.17, 15) is 0 Å². The van der Waals surface area contributed by atoms with Gasteiger partial charge in [-0.15, -0.1) is 30.6 Å². The molecule has 0 spiro atoms. The van der Waals surface area contributed by atoms with Crippen LogP contribution >= 0.6 is 24.0 Å². The Kier molecular flexibility index (Phi) is 13.5. The molecule has 0 amide bonds. The van der Waals surface area contributed by atoms with E-state index in [1.165, 1.54) is 0 Å². The maximum absolute atomic E-state index is 5.60. The smallest absolute Gasteiger partial charge is 0.191 e. The Morgan fingerprint density at radius 2 is 2.06 bits per heavy atom. The van der Waals surface area contributed by atoms with Crippen molar-refractivity contribution in [3.05, 3.63) is 60.1 Å². The van der Waals surface area contributed by atoms with E-state index in [4.69, 9.17) is 23.6 Å². The van der Waals surface area contributed by atoms with Crippen LogP contribution in [0.2, 0.25) is 0 Å². The number of nitrogens with zero attached hydrogens (tertiary/aromatic N) is 1. The van der Waals surface area contributed by atoms with Gasteiger partial charge < -0.3 is 29.3 Å². The summed E-state index contributed by atoms with van der Waals surface area (Å²) >= 11 is 0. The molecule has 2 rings (SSSR count). The van der Waals surface area contributed by atoms with Gasteiger partial charge in [0.15, 0.2) is 17.5 Å². The van der Waals surface area contributed by atoms with Crippen molar-refractivity contribution in [2.24, 2.45) is 4.99 Å². The van der Waals surface area contributed by atoms with E-state index in [0.29, 0.717) is 31.9 Å². The Morgan fingerprint density at radius 1 is 1.23 bits per heavy atom. The highest BCUT2D eigenvalue weighted by molar-refractivity contribution is 14.0. The van der Waals surface area contributed by atoms with E-state index in [2.05, 4.69) is 23.3 Å². The molecule has 1 aromatic heterocycles. The molecule has 2 N–H and O–H groups in total. The summed E-state index contributed by atoms with van der Waals surface area (Å²) in [4.78, 5) is 4.69. The van der Waals surface area contributed by atoms with E-state index in [-0.39, 0.29) is 24.0 Å². The number of hydrogen-bond donors (Lipinski definition) is 2. The van der Waals surface area contributed by atoms with Crippen molar-refractivity contribution in [3.8, 4) is 11.5 Å². The fourth-order valence-electron chi connectivity index (χ4n) is 2.97. The summed E-state index contributed by atoms with van der Waals surface area (Å²) in [5.41, 5.74) is 2.08. The van der Waals surface area contributed by atoms with Crippen LogP contribution in [0.5, 0.6) is 11.5 Å². The highest BCUT2D eigenvalue weighted by Crippen LogP contribution is 2.33. The third-order valence-electron chi connectivity index (χ3n) is 4.33. The predicted octanol–water partition coefficient (Wildman–Crippen LogP) is 4.31. The molecule has 0 fully saturated rings. The van der Waals surface area contributed by atoms with Crippen molar-refractivity contribution in [1.29, 1.82) is 0 Å². The first kappa shape index (κ1) is 26.8. The molecule has 1 aromatic carbocycles. The Hall–Kier alpha value is -2.20. The van der Waals surface area contributed by atoms with Gasteiger partial charge in [0.05, 0.1) is 27.0 Å². The first-order chi connectivity index (χ1) is 14.7. The minimum absolute atomic E-state index is 0. The fraction of sp³-hybridized carbons (Fsp3) is 0.435. The molecule has 0 aliphatic carbocycles. The lowest BCUT2D eigenvalue weighted by Crippen LogP contribution is -2.38. The molecule has 0 bridgehead atoms. The van der Waals surface area contributed by atoms with Gasteiger partial charge in [0.25, 0.3) is 0 Å². The molecule has 0 aliphatic rings. The van der Waals surface area contributed by atoms with Crippen LogP contribution in [-0.2, 0) is 24.3 Å². The van der Waals surface area contributed by atoms with Gasteiger partial charge in [-0.2, -0.15) is 0 Å². The molecule has 0 unspecified atom stereocenters. The van der Waals surface area contributed by atoms with Crippen LogP contribution in [0.15, 0.2) is 52.6 Å². The minimum atomic E-state index is 0. The van der Waals surface area contributed by atoms with E-state index >= 15 is 0 Å². The van der Waals surface area contributed by atoms with Crippen LogP contribution in [0.3, 0.4) is 0 Å². The normalized spacial score (nSPS) is 10.9. The van der Waals surface area contributed by atoms with Crippen molar-refractivity contribution >= 4 is 29.9 Å². The highest BCUT2D eigenvalue weighted by Gasteiger charge is 2.11. The molecule has 7 nitrogen and oxygen atoms in total. The number of furan rings is 1. The maximum Gasteiger partial charge on any atom is 0.191 e. The molecule has 1 heterocycles. The topological polar surface area (TPSA) is 77.3 Å². The average molecular weight is 543 g/mol. The second kappa shape index (κ2) is 15.6. The van der Waals surface area contributed by atoms with Crippen molar-refractivity contribution in [2.45, 2.75) is 32.9 Å². The van der Waals surface area contributed by atoms with Crippen LogP contribution in [0.25, 0.3) is 0 Å². The largest absolute Gasteiger partial charge is 0.493 e. The first-order valence-corrected chi connectivity index (χ1v) is 10.2. The number of aliphatic imine (C=N–C) groups is 1. The van der Waals surface area contributed by atoms with Crippen LogP contribution < -0.4 is 20.1 Å². The molecule has 0 radical (unpaired) electrons. The van der Waals surface area contributed by atoms with Gasteiger partial charge in [-0.3, -0.25) is 0 Å². The van der Waals surface area contributed by atoms with Gasteiger partial charge in [-0.25, -0.2) is 4.99 Å². The molecule has 0 aliphatic heterocycles. The molecule has 8 heteroatoms. The van der Waals surface area contributed by atoms with Gasteiger partial charge >= 0.3 is 0 Å². The standard InChI is InChI=1S/C23H33N3O4.HI/c1-5-9-19-14-18(15-21(27-3)22(19)28-4)16-26-23(24-6-2)25-11-8-12-29-17-20-10-7-13-30-20;/h5,7,10,13-15H,1,6,8-9,11-12,16-17H2,2-4H3,(H2,24,25,26);1H. The van der Waals surface area contributed by atoms with E-state index < -0.39 is 0 Å². The van der Waals surface area contributed by atoms with E-state index in [1.54, 1.807) is 20.5 Å². The molecule has 0 saturated heterocycles. The summed E-state index contributed by atoms with van der Waals surface area (Å²) in [5, 5.41) is 6.61. The molecular formula is C23H34IN3O4.